The first-order valence-electron chi connectivity index (χ1n) is 8.54. The Morgan fingerprint density at radius 1 is 1.00 bits per heavy atom. The molecule has 1 heteroatoms. The average Bonchev–Trinajstić information content (AvgIpc) is 2.99. The minimum atomic E-state index is 0.774. The molecule has 4 atom stereocenters. The molecule has 2 rings (SSSR count). The normalized spacial score (nSPS) is 32.0. The second-order valence-corrected chi connectivity index (χ2v) is 6.85. The lowest BCUT2D eigenvalue weighted by molar-refractivity contribution is 0.260. The summed E-state index contributed by atoms with van der Waals surface area (Å²) < 4.78 is 0. The van der Waals surface area contributed by atoms with Gasteiger partial charge in [-0.25, -0.2) is 0 Å². The van der Waals surface area contributed by atoms with Crippen LogP contribution in [0.1, 0.15) is 78.1 Å². The van der Waals surface area contributed by atoms with Crippen molar-refractivity contribution < 1.29 is 0 Å². The molecule has 0 aromatic heterocycles. The van der Waals surface area contributed by atoms with E-state index in [1.54, 1.807) is 6.42 Å². The smallest absolute Gasteiger partial charge is 0.00697 e. The first-order chi connectivity index (χ1) is 8.81. The Kier molecular flexibility index (Phi) is 6.01. The minimum Gasteiger partial charge on any atom is -0.314 e. The highest BCUT2D eigenvalue weighted by atomic mass is 14.9. The van der Waals surface area contributed by atoms with Gasteiger partial charge in [0.05, 0.1) is 0 Å². The summed E-state index contributed by atoms with van der Waals surface area (Å²) in [5.41, 5.74) is 0. The van der Waals surface area contributed by atoms with E-state index in [-0.39, 0.29) is 0 Å². The Labute approximate surface area is 114 Å². The van der Waals surface area contributed by atoms with Crippen molar-refractivity contribution in [3.8, 4) is 0 Å². The highest BCUT2D eigenvalue weighted by Crippen LogP contribution is 2.49. The maximum Gasteiger partial charge on any atom is 0.00697 e. The first kappa shape index (κ1) is 14.4. The molecule has 0 aliphatic heterocycles. The van der Waals surface area contributed by atoms with Crippen LogP contribution >= 0.6 is 0 Å². The molecule has 0 spiro atoms. The Balaban J connectivity index is 1.49. The lowest BCUT2D eigenvalue weighted by atomic mass is 9.84. The van der Waals surface area contributed by atoms with E-state index in [0.717, 1.165) is 23.8 Å². The summed E-state index contributed by atoms with van der Waals surface area (Å²) in [5.74, 6) is 3.17. The minimum absolute atomic E-state index is 0.774. The molecule has 2 saturated carbocycles. The molecule has 0 saturated heterocycles. The number of unbranched alkanes of at least 4 members (excludes halogenated alkanes) is 5. The van der Waals surface area contributed by atoms with Crippen molar-refractivity contribution in [1.29, 1.82) is 0 Å². The fourth-order valence-electron chi connectivity index (χ4n) is 4.29. The van der Waals surface area contributed by atoms with Crippen LogP contribution in [0.4, 0.5) is 0 Å². The van der Waals surface area contributed by atoms with Crippen LogP contribution in [0.2, 0.25) is 0 Å². The fourth-order valence-corrected chi connectivity index (χ4v) is 4.29. The fraction of sp³-hybridized carbons (Fsp3) is 1.00. The first-order valence-corrected chi connectivity index (χ1v) is 8.54. The molecule has 1 nitrogen and oxygen atoms in total. The molecule has 2 aliphatic rings. The van der Waals surface area contributed by atoms with E-state index >= 15 is 0 Å². The van der Waals surface area contributed by atoms with Gasteiger partial charge in [-0.1, -0.05) is 45.4 Å². The molecule has 0 radical (unpaired) electrons. The second-order valence-electron chi connectivity index (χ2n) is 6.85. The van der Waals surface area contributed by atoms with Gasteiger partial charge in [0, 0.05) is 6.04 Å². The van der Waals surface area contributed by atoms with Crippen LogP contribution in [-0.4, -0.2) is 12.6 Å². The third-order valence-corrected chi connectivity index (χ3v) is 5.43. The molecule has 106 valence electrons. The molecule has 4 unspecified atom stereocenters. The Bertz CT molecular complexity index is 226. The molecule has 0 heterocycles. The van der Waals surface area contributed by atoms with Gasteiger partial charge in [0.2, 0.25) is 0 Å². The highest BCUT2D eigenvalue weighted by molar-refractivity contribution is 4.93. The van der Waals surface area contributed by atoms with Crippen molar-refractivity contribution in [1.82, 2.24) is 5.32 Å². The number of fused-ring (bicyclic) bond motifs is 2. The summed E-state index contributed by atoms with van der Waals surface area (Å²) in [4.78, 5) is 0. The summed E-state index contributed by atoms with van der Waals surface area (Å²) in [6.45, 7) is 5.97. The van der Waals surface area contributed by atoms with Crippen LogP contribution in [0.25, 0.3) is 0 Å². The van der Waals surface area contributed by atoms with Gasteiger partial charge in [0.25, 0.3) is 0 Å². The lowest BCUT2D eigenvalue weighted by Gasteiger charge is -2.28. The number of rotatable bonds is 9. The Hall–Kier alpha value is -0.0400. The van der Waals surface area contributed by atoms with Gasteiger partial charge in [-0.15, -0.1) is 0 Å². The van der Waals surface area contributed by atoms with E-state index in [1.807, 2.05) is 0 Å². The van der Waals surface area contributed by atoms with E-state index in [2.05, 4.69) is 19.2 Å². The van der Waals surface area contributed by atoms with E-state index in [9.17, 15) is 0 Å². The average molecular weight is 251 g/mol. The van der Waals surface area contributed by atoms with Gasteiger partial charge >= 0.3 is 0 Å². The summed E-state index contributed by atoms with van der Waals surface area (Å²) >= 11 is 0. The van der Waals surface area contributed by atoms with Gasteiger partial charge < -0.3 is 5.32 Å². The molecule has 2 fully saturated rings. The quantitative estimate of drug-likeness (QED) is 0.583. The van der Waals surface area contributed by atoms with Crippen molar-refractivity contribution in [2.24, 2.45) is 17.8 Å². The number of hydrogen-bond acceptors (Lipinski definition) is 1. The lowest BCUT2D eigenvalue weighted by Crippen LogP contribution is -2.36. The Morgan fingerprint density at radius 2 is 1.78 bits per heavy atom. The SMILES string of the molecule is CCCCCCCCNC(C)C1CC2CCC1C2. The summed E-state index contributed by atoms with van der Waals surface area (Å²) in [6.07, 6.45) is 14.6. The third-order valence-electron chi connectivity index (χ3n) is 5.43. The van der Waals surface area contributed by atoms with E-state index in [4.69, 9.17) is 0 Å². The molecular weight excluding hydrogens is 218 g/mol. The van der Waals surface area contributed by atoms with E-state index < -0.39 is 0 Å². The topological polar surface area (TPSA) is 12.0 Å². The van der Waals surface area contributed by atoms with Crippen molar-refractivity contribution in [2.45, 2.75) is 84.1 Å². The van der Waals surface area contributed by atoms with Gasteiger partial charge in [-0.3, -0.25) is 0 Å². The van der Waals surface area contributed by atoms with E-state index in [0.29, 0.717) is 0 Å². The second kappa shape index (κ2) is 7.53. The van der Waals surface area contributed by atoms with Gasteiger partial charge in [0.1, 0.15) is 0 Å². The molecular formula is C17H33N. The summed E-state index contributed by atoms with van der Waals surface area (Å²) in [5, 5.41) is 3.80. The van der Waals surface area contributed by atoms with Crippen molar-refractivity contribution in [3.63, 3.8) is 0 Å². The number of hydrogen-bond donors (Lipinski definition) is 1. The molecule has 18 heavy (non-hydrogen) atoms. The Morgan fingerprint density at radius 3 is 2.44 bits per heavy atom. The zero-order valence-electron chi connectivity index (χ0n) is 12.6. The van der Waals surface area contributed by atoms with Crippen molar-refractivity contribution >= 4 is 0 Å². The molecule has 1 N–H and O–H groups in total. The largest absolute Gasteiger partial charge is 0.314 e. The van der Waals surface area contributed by atoms with Crippen LogP contribution in [0.5, 0.6) is 0 Å². The van der Waals surface area contributed by atoms with Crippen molar-refractivity contribution in [3.05, 3.63) is 0 Å². The van der Waals surface area contributed by atoms with Crippen LogP contribution in [0, 0.1) is 17.8 Å². The predicted molar refractivity (Wildman–Crippen MR) is 79.8 cm³/mol. The van der Waals surface area contributed by atoms with Crippen LogP contribution in [0.15, 0.2) is 0 Å². The predicted octanol–water partition coefficient (Wildman–Crippen LogP) is 4.76. The maximum absolute atomic E-state index is 3.80. The van der Waals surface area contributed by atoms with Gasteiger partial charge in [-0.2, -0.15) is 0 Å². The molecule has 0 amide bonds. The maximum atomic E-state index is 3.80. The molecule has 0 aromatic carbocycles. The summed E-state index contributed by atoms with van der Waals surface area (Å²) in [7, 11) is 0. The monoisotopic (exact) mass is 251 g/mol. The standard InChI is InChI=1S/C17H33N/c1-3-4-5-6-7-8-11-18-14(2)17-13-15-9-10-16(17)12-15/h14-18H,3-13H2,1-2H3. The van der Waals surface area contributed by atoms with Crippen LogP contribution in [0.3, 0.4) is 0 Å². The number of nitrogens with one attached hydrogen (secondary N) is 1. The van der Waals surface area contributed by atoms with E-state index in [1.165, 1.54) is 64.3 Å². The molecule has 2 aliphatic carbocycles. The highest BCUT2D eigenvalue weighted by Gasteiger charge is 2.41. The summed E-state index contributed by atoms with van der Waals surface area (Å²) in [6, 6.07) is 0.774. The van der Waals surface area contributed by atoms with Crippen LogP contribution in [-0.2, 0) is 0 Å². The van der Waals surface area contributed by atoms with Gasteiger partial charge in [0.15, 0.2) is 0 Å². The molecule has 0 aromatic rings. The molecule has 2 bridgehead atoms. The zero-order valence-corrected chi connectivity index (χ0v) is 12.6. The van der Waals surface area contributed by atoms with Crippen LogP contribution < -0.4 is 5.32 Å². The third kappa shape index (κ3) is 3.98. The van der Waals surface area contributed by atoms with Crippen molar-refractivity contribution in [2.75, 3.05) is 6.54 Å². The zero-order chi connectivity index (χ0) is 12.8. The van der Waals surface area contributed by atoms with Gasteiger partial charge in [-0.05, 0) is 56.9 Å².